The molecule has 4 rings (SSSR count). The summed E-state index contributed by atoms with van der Waals surface area (Å²) in [6.45, 7) is 2.04. The molecule has 1 fully saturated rings. The van der Waals surface area contributed by atoms with Gasteiger partial charge in [0.2, 0.25) is 0 Å². The van der Waals surface area contributed by atoms with E-state index in [1.54, 1.807) is 19.2 Å². The lowest BCUT2D eigenvalue weighted by atomic mass is 9.91. The van der Waals surface area contributed by atoms with Crippen LogP contribution in [0.3, 0.4) is 0 Å². The summed E-state index contributed by atoms with van der Waals surface area (Å²) in [6.07, 6.45) is 6.35. The normalized spacial score (nSPS) is 15.5. The van der Waals surface area contributed by atoms with Gasteiger partial charge < -0.3 is 19.6 Å². The molecule has 1 aliphatic rings. The average Bonchev–Trinajstić information content (AvgIpc) is 3.11. The molecule has 0 amide bonds. The zero-order chi connectivity index (χ0) is 18.1. The van der Waals surface area contributed by atoms with Crippen LogP contribution >= 0.6 is 11.6 Å². The lowest BCUT2D eigenvalue weighted by Gasteiger charge is -2.22. The molecule has 0 bridgehead atoms. The third kappa shape index (κ3) is 3.18. The Balaban J connectivity index is 1.74. The van der Waals surface area contributed by atoms with E-state index >= 15 is 0 Å². The van der Waals surface area contributed by atoms with E-state index in [1.807, 2.05) is 10.6 Å². The maximum Gasteiger partial charge on any atom is 0.137 e. The van der Waals surface area contributed by atoms with Gasteiger partial charge in [-0.2, -0.15) is 0 Å². The monoisotopic (exact) mass is 371 g/mol. The molecule has 6 heteroatoms. The number of benzene rings is 1. The van der Waals surface area contributed by atoms with Gasteiger partial charge in [-0.25, -0.2) is 4.98 Å². The van der Waals surface area contributed by atoms with Gasteiger partial charge in [-0.3, -0.25) is 0 Å². The van der Waals surface area contributed by atoms with Crippen LogP contribution in [-0.2, 0) is 6.61 Å². The van der Waals surface area contributed by atoms with Crippen molar-refractivity contribution in [2.24, 2.45) is 0 Å². The molecule has 1 aromatic carbocycles. The molecule has 2 N–H and O–H groups in total. The molecule has 0 unspecified atom stereocenters. The van der Waals surface area contributed by atoms with Gasteiger partial charge in [-0.1, -0.05) is 11.6 Å². The lowest BCUT2D eigenvalue weighted by molar-refractivity contribution is 0.281. The van der Waals surface area contributed by atoms with E-state index in [9.17, 15) is 5.11 Å². The zero-order valence-electron chi connectivity index (χ0n) is 14.7. The minimum atomic E-state index is -0.100. The SMILES string of the molecule is COc1cc(CO)c(-c2cn3ccc(C4CCNCC4)cc3n2)cc1Cl. The van der Waals surface area contributed by atoms with E-state index in [1.165, 1.54) is 5.56 Å². The Labute approximate surface area is 157 Å². The second-order valence-corrected chi connectivity index (χ2v) is 7.09. The van der Waals surface area contributed by atoms with Crippen LogP contribution < -0.4 is 10.1 Å². The highest BCUT2D eigenvalue weighted by Crippen LogP contribution is 2.34. The number of aliphatic hydroxyl groups is 1. The number of fused-ring (bicyclic) bond motifs is 1. The molecule has 3 aromatic rings. The Hall–Kier alpha value is -2.08. The maximum atomic E-state index is 9.74. The molecule has 3 heterocycles. The quantitative estimate of drug-likeness (QED) is 0.735. The molecule has 0 saturated carbocycles. The van der Waals surface area contributed by atoms with Crippen molar-refractivity contribution in [1.29, 1.82) is 0 Å². The van der Waals surface area contributed by atoms with Gasteiger partial charge in [-0.05, 0) is 67.2 Å². The number of piperidine rings is 1. The molecule has 136 valence electrons. The number of nitrogens with zero attached hydrogens (tertiary/aromatic N) is 2. The number of pyridine rings is 1. The summed E-state index contributed by atoms with van der Waals surface area (Å²) in [5.74, 6) is 1.14. The van der Waals surface area contributed by atoms with Gasteiger partial charge in [-0.15, -0.1) is 0 Å². The van der Waals surface area contributed by atoms with E-state index in [2.05, 4.69) is 23.6 Å². The standard InChI is InChI=1S/C20H22ClN3O2/c1-26-19-8-15(12-25)16(10-17(19)21)18-11-24-7-4-14(9-20(24)23-18)13-2-5-22-6-3-13/h4,7-11,13,22,25H,2-3,5-6,12H2,1H3. The number of imidazole rings is 1. The van der Waals surface area contributed by atoms with E-state index in [-0.39, 0.29) is 6.61 Å². The molecule has 0 atom stereocenters. The van der Waals surface area contributed by atoms with Crippen LogP contribution in [0.25, 0.3) is 16.9 Å². The third-order valence-electron chi connectivity index (χ3n) is 5.12. The van der Waals surface area contributed by atoms with E-state index in [0.717, 1.165) is 48.4 Å². The molecule has 5 nitrogen and oxygen atoms in total. The van der Waals surface area contributed by atoms with Crippen LogP contribution in [0.15, 0.2) is 36.7 Å². The number of rotatable bonds is 4. The molecule has 0 radical (unpaired) electrons. The summed E-state index contributed by atoms with van der Waals surface area (Å²) in [6, 6.07) is 7.93. The Kier molecular flexibility index (Phi) is 4.85. The van der Waals surface area contributed by atoms with Crippen molar-refractivity contribution in [2.75, 3.05) is 20.2 Å². The molecule has 0 aliphatic carbocycles. The summed E-state index contributed by atoms with van der Waals surface area (Å²) in [4.78, 5) is 4.78. The number of hydrogen-bond donors (Lipinski definition) is 2. The number of aromatic nitrogens is 2. The van der Waals surface area contributed by atoms with Gasteiger partial charge in [0.15, 0.2) is 0 Å². The van der Waals surface area contributed by atoms with Crippen LogP contribution in [0, 0.1) is 0 Å². The van der Waals surface area contributed by atoms with Crippen LogP contribution in [-0.4, -0.2) is 34.7 Å². The summed E-state index contributed by atoms with van der Waals surface area (Å²) < 4.78 is 7.26. The predicted molar refractivity (Wildman–Crippen MR) is 103 cm³/mol. The summed E-state index contributed by atoms with van der Waals surface area (Å²) in [5, 5.41) is 13.7. The number of hydrogen-bond acceptors (Lipinski definition) is 4. The van der Waals surface area contributed by atoms with Crippen molar-refractivity contribution < 1.29 is 9.84 Å². The number of aliphatic hydroxyl groups excluding tert-OH is 1. The molecular formula is C20H22ClN3O2. The van der Waals surface area contributed by atoms with Crippen molar-refractivity contribution in [2.45, 2.75) is 25.4 Å². The Morgan fingerprint density at radius 2 is 2.12 bits per heavy atom. The minimum Gasteiger partial charge on any atom is -0.495 e. The number of ether oxygens (including phenoxy) is 1. The van der Waals surface area contributed by atoms with E-state index < -0.39 is 0 Å². The highest BCUT2D eigenvalue weighted by Gasteiger charge is 2.17. The Morgan fingerprint density at radius 1 is 1.31 bits per heavy atom. The van der Waals surface area contributed by atoms with Gasteiger partial charge in [0, 0.05) is 18.0 Å². The zero-order valence-corrected chi connectivity index (χ0v) is 15.5. The fourth-order valence-corrected chi connectivity index (χ4v) is 3.90. The van der Waals surface area contributed by atoms with Crippen LogP contribution in [0.1, 0.15) is 29.9 Å². The summed E-state index contributed by atoms with van der Waals surface area (Å²) in [5.41, 5.74) is 4.61. The predicted octanol–water partition coefficient (Wildman–Crippen LogP) is 3.62. The molecule has 1 saturated heterocycles. The van der Waals surface area contributed by atoms with Crippen molar-refractivity contribution in [3.8, 4) is 17.0 Å². The summed E-state index contributed by atoms with van der Waals surface area (Å²) in [7, 11) is 1.56. The molecule has 1 aliphatic heterocycles. The first-order valence-corrected chi connectivity index (χ1v) is 9.24. The van der Waals surface area contributed by atoms with Crippen molar-refractivity contribution in [1.82, 2.24) is 14.7 Å². The smallest absolute Gasteiger partial charge is 0.137 e. The first-order chi connectivity index (χ1) is 12.7. The number of halogens is 1. The largest absolute Gasteiger partial charge is 0.495 e. The first kappa shape index (κ1) is 17.3. The van der Waals surface area contributed by atoms with Crippen LogP contribution in [0.2, 0.25) is 5.02 Å². The van der Waals surface area contributed by atoms with Gasteiger partial charge in [0.25, 0.3) is 0 Å². The fourth-order valence-electron chi connectivity index (χ4n) is 3.66. The molecule has 2 aromatic heterocycles. The van der Waals surface area contributed by atoms with Crippen LogP contribution in [0.4, 0.5) is 0 Å². The van der Waals surface area contributed by atoms with Gasteiger partial charge in [0.05, 0.1) is 24.4 Å². The molecule has 0 spiro atoms. The second kappa shape index (κ2) is 7.27. The maximum absolute atomic E-state index is 9.74. The first-order valence-electron chi connectivity index (χ1n) is 8.86. The Morgan fingerprint density at radius 3 is 2.85 bits per heavy atom. The molecule has 26 heavy (non-hydrogen) atoms. The second-order valence-electron chi connectivity index (χ2n) is 6.68. The fraction of sp³-hybridized carbons (Fsp3) is 0.350. The number of nitrogens with one attached hydrogen (secondary N) is 1. The van der Waals surface area contributed by atoms with Crippen LogP contribution in [0.5, 0.6) is 5.75 Å². The molecular weight excluding hydrogens is 350 g/mol. The van der Waals surface area contributed by atoms with Crippen molar-refractivity contribution >= 4 is 17.2 Å². The van der Waals surface area contributed by atoms with Crippen molar-refractivity contribution in [3.05, 3.63) is 52.8 Å². The summed E-state index contributed by atoms with van der Waals surface area (Å²) >= 11 is 6.29. The van der Waals surface area contributed by atoms with Gasteiger partial charge >= 0.3 is 0 Å². The average molecular weight is 372 g/mol. The number of methoxy groups -OCH3 is 1. The highest BCUT2D eigenvalue weighted by atomic mass is 35.5. The lowest BCUT2D eigenvalue weighted by Crippen LogP contribution is -2.26. The van der Waals surface area contributed by atoms with Gasteiger partial charge in [0.1, 0.15) is 11.4 Å². The Bertz CT molecular complexity index is 932. The van der Waals surface area contributed by atoms with E-state index in [0.29, 0.717) is 16.7 Å². The topological polar surface area (TPSA) is 58.8 Å². The minimum absolute atomic E-state index is 0.100. The highest BCUT2D eigenvalue weighted by molar-refractivity contribution is 6.32. The van der Waals surface area contributed by atoms with Crippen molar-refractivity contribution in [3.63, 3.8) is 0 Å². The van der Waals surface area contributed by atoms with E-state index in [4.69, 9.17) is 21.3 Å². The third-order valence-corrected chi connectivity index (χ3v) is 5.41.